The van der Waals surface area contributed by atoms with Crippen molar-refractivity contribution in [3.63, 3.8) is 0 Å². The van der Waals surface area contributed by atoms with Crippen molar-refractivity contribution in [1.29, 1.82) is 0 Å². The van der Waals surface area contributed by atoms with E-state index in [1.807, 2.05) is 0 Å². The van der Waals surface area contributed by atoms with Gasteiger partial charge >= 0.3 is 19.8 Å². The highest BCUT2D eigenvalue weighted by atomic mass is 31.2. The molecule has 0 saturated heterocycles. The molecule has 12 heteroatoms. The third-order valence-electron chi connectivity index (χ3n) is 11.7. The van der Waals surface area contributed by atoms with Crippen LogP contribution in [0.1, 0.15) is 226 Å². The lowest BCUT2D eigenvalue weighted by molar-refractivity contribution is -0.161. The lowest BCUT2D eigenvalue weighted by Crippen LogP contribution is -2.29. The minimum Gasteiger partial charge on any atom is -0.462 e. The highest BCUT2D eigenvalue weighted by molar-refractivity contribution is 7.46. The number of ketones is 1. The number of allylic oxidation sites excluding steroid dienone is 1. The molecule has 0 spiro atoms. The fourth-order valence-electron chi connectivity index (χ4n) is 8.04. The minimum absolute atomic E-state index is 0.00347. The quantitative estimate of drug-likeness (QED) is 0.0199. The molecule has 0 aromatic carbocycles. The second-order valence-corrected chi connectivity index (χ2v) is 18.5. The summed E-state index contributed by atoms with van der Waals surface area (Å²) in [4.78, 5) is 55.7. The summed E-state index contributed by atoms with van der Waals surface area (Å²) in [6, 6.07) is 0. The van der Waals surface area contributed by atoms with Crippen LogP contribution in [0.15, 0.2) is 12.2 Å². The normalized spacial score (nSPS) is 18.1. The van der Waals surface area contributed by atoms with Crippen molar-refractivity contribution in [2.45, 2.75) is 244 Å². The van der Waals surface area contributed by atoms with Crippen LogP contribution in [-0.4, -0.2) is 69.2 Å². The Kier molecular flexibility index (Phi) is 34.7. The summed E-state index contributed by atoms with van der Waals surface area (Å²) in [5.41, 5.74) is 0. The van der Waals surface area contributed by atoms with Crippen molar-refractivity contribution in [1.82, 2.24) is 0 Å². The third-order valence-corrected chi connectivity index (χ3v) is 12.2. The van der Waals surface area contributed by atoms with Crippen LogP contribution in [0.25, 0.3) is 0 Å². The van der Waals surface area contributed by atoms with E-state index in [0.29, 0.717) is 32.1 Å². The first-order valence-electron chi connectivity index (χ1n) is 24.1. The number of unbranched alkanes of at least 4 members (excludes halogenated alkanes) is 25. The molecule has 1 rings (SSSR count). The Morgan fingerprint density at radius 2 is 1.10 bits per heavy atom. The number of carbonyl (C=O) groups excluding carboxylic acids is 3. The number of rotatable bonds is 41. The van der Waals surface area contributed by atoms with Gasteiger partial charge in [0.25, 0.3) is 0 Å². The van der Waals surface area contributed by atoms with Crippen LogP contribution in [0.4, 0.5) is 0 Å². The Bertz CT molecular complexity index is 1130. The molecule has 0 unspecified atom stereocenters. The van der Waals surface area contributed by atoms with E-state index in [0.717, 1.165) is 51.4 Å². The fourth-order valence-corrected chi connectivity index (χ4v) is 8.41. The Balaban J connectivity index is 2.16. The Morgan fingerprint density at radius 1 is 0.661 bits per heavy atom. The molecule has 0 aliphatic heterocycles. The van der Waals surface area contributed by atoms with Gasteiger partial charge in [0, 0.05) is 25.2 Å². The van der Waals surface area contributed by atoms with Gasteiger partial charge in [0.2, 0.25) is 0 Å². The molecule has 0 heterocycles. The number of ether oxygens (including phenoxy) is 2. The summed E-state index contributed by atoms with van der Waals surface area (Å²) in [5, 5.41) is 20.7. The number of phosphoric acid groups is 1. The third kappa shape index (κ3) is 32.7. The first kappa shape index (κ1) is 55.4. The number of esters is 2. The van der Waals surface area contributed by atoms with Crippen LogP contribution in [0.3, 0.4) is 0 Å². The van der Waals surface area contributed by atoms with Gasteiger partial charge in [0.15, 0.2) is 6.10 Å². The average molecular weight is 859 g/mol. The van der Waals surface area contributed by atoms with Crippen LogP contribution < -0.4 is 0 Å². The molecule has 1 aliphatic carbocycles. The maximum absolute atomic E-state index is 12.6. The molecule has 0 amide bonds. The van der Waals surface area contributed by atoms with Gasteiger partial charge in [0.05, 0.1) is 18.8 Å². The molecular formula is C47H87O11P. The van der Waals surface area contributed by atoms with Crippen molar-refractivity contribution < 1.29 is 52.9 Å². The van der Waals surface area contributed by atoms with Crippen LogP contribution in [0.5, 0.6) is 0 Å². The van der Waals surface area contributed by atoms with Crippen molar-refractivity contribution >= 4 is 25.5 Å². The van der Waals surface area contributed by atoms with E-state index in [-0.39, 0.29) is 37.6 Å². The van der Waals surface area contributed by atoms with Crippen molar-refractivity contribution in [2.75, 3.05) is 13.2 Å². The molecule has 0 aromatic heterocycles. The van der Waals surface area contributed by atoms with E-state index in [9.17, 15) is 29.2 Å². The molecule has 1 saturated carbocycles. The van der Waals surface area contributed by atoms with Gasteiger partial charge in [-0.25, -0.2) is 4.57 Å². The van der Waals surface area contributed by atoms with Crippen LogP contribution in [-0.2, 0) is 32.9 Å². The lowest BCUT2D eigenvalue weighted by atomic mass is 9.88. The minimum atomic E-state index is -4.82. The van der Waals surface area contributed by atoms with Gasteiger partial charge in [0.1, 0.15) is 12.4 Å². The Morgan fingerprint density at radius 3 is 1.59 bits per heavy atom. The van der Waals surface area contributed by atoms with Gasteiger partial charge in [-0.2, -0.15) is 0 Å². The average Bonchev–Trinajstić information content (AvgIpc) is 3.47. The monoisotopic (exact) mass is 859 g/mol. The zero-order chi connectivity index (χ0) is 43.4. The van der Waals surface area contributed by atoms with E-state index in [4.69, 9.17) is 19.3 Å². The number of hydrogen-bond donors (Lipinski definition) is 4. The van der Waals surface area contributed by atoms with Gasteiger partial charge in [-0.05, 0) is 31.6 Å². The topological polar surface area (TPSA) is 177 Å². The molecule has 0 bridgehead atoms. The smallest absolute Gasteiger partial charge is 0.462 e. The maximum Gasteiger partial charge on any atom is 0.469 e. The molecule has 1 fully saturated rings. The van der Waals surface area contributed by atoms with Crippen molar-refractivity contribution in [3.05, 3.63) is 12.2 Å². The number of carbonyl (C=O) groups is 3. The van der Waals surface area contributed by atoms with Crippen LogP contribution in [0, 0.1) is 11.8 Å². The van der Waals surface area contributed by atoms with Gasteiger partial charge in [-0.15, -0.1) is 0 Å². The summed E-state index contributed by atoms with van der Waals surface area (Å²) in [6.07, 6.45) is 35.6. The Hall–Kier alpha value is -1.62. The van der Waals surface area contributed by atoms with E-state index < -0.39 is 50.6 Å². The van der Waals surface area contributed by atoms with Gasteiger partial charge in [-0.1, -0.05) is 193 Å². The second kappa shape index (κ2) is 37.0. The van der Waals surface area contributed by atoms with E-state index in [1.165, 1.54) is 109 Å². The maximum atomic E-state index is 12.6. The standard InChI is InChI=1S/C47H87O11P/c1-3-5-7-8-9-10-11-12-13-14-15-16-17-18-19-20-21-22-23-24-29-33-46(51)56-38-41(39-57-59(53,54)55)58-47(52)34-30-26-25-28-32-42-43(45(50)37-44(42)49)36-35-40(48)31-27-6-4-2/h35-36,40-44,48-49H,3-34,37-39H2,1-2H3,(H2,53,54,55)/b36-35+/t40-,41+,42+,43+,44-/m0/s1. The number of aliphatic hydroxyl groups excluding tert-OH is 2. The van der Waals surface area contributed by atoms with E-state index in [2.05, 4.69) is 18.4 Å². The predicted octanol–water partition coefficient (Wildman–Crippen LogP) is 11.6. The molecule has 0 radical (unpaired) electrons. The highest BCUT2D eigenvalue weighted by Crippen LogP contribution is 2.36. The van der Waals surface area contributed by atoms with Crippen LogP contribution in [0.2, 0.25) is 0 Å². The molecule has 11 nitrogen and oxygen atoms in total. The lowest BCUT2D eigenvalue weighted by Gasteiger charge is -2.19. The van der Waals surface area contributed by atoms with E-state index >= 15 is 0 Å². The van der Waals surface area contributed by atoms with E-state index in [1.54, 1.807) is 12.2 Å². The number of Topliss-reactive ketones (excluding diaryl/α,β-unsaturated/α-hetero) is 1. The fraction of sp³-hybridized carbons (Fsp3) is 0.894. The summed E-state index contributed by atoms with van der Waals surface area (Å²) < 4.78 is 26.5. The van der Waals surface area contributed by atoms with Crippen LogP contribution >= 0.6 is 7.82 Å². The Labute approximate surface area is 358 Å². The van der Waals surface area contributed by atoms with Crippen molar-refractivity contribution in [2.24, 2.45) is 11.8 Å². The first-order valence-corrected chi connectivity index (χ1v) is 25.6. The molecular weight excluding hydrogens is 771 g/mol. The predicted molar refractivity (Wildman–Crippen MR) is 236 cm³/mol. The molecule has 59 heavy (non-hydrogen) atoms. The number of hydrogen-bond acceptors (Lipinski definition) is 9. The number of aliphatic hydroxyl groups is 2. The zero-order valence-corrected chi connectivity index (χ0v) is 38.3. The SMILES string of the molecule is CCCCCCCCCCCCCCCCCCCCCCCC(=O)OC[C@H](COP(=O)(O)O)OC(=O)CCCCCC[C@H]1[C@@H](O)CC(=O)[C@@H]1/C=C/[C@@H](O)CCCCC. The first-order chi connectivity index (χ1) is 28.5. The largest absolute Gasteiger partial charge is 0.469 e. The highest BCUT2D eigenvalue weighted by Gasteiger charge is 2.39. The second-order valence-electron chi connectivity index (χ2n) is 17.2. The molecule has 5 atom stereocenters. The zero-order valence-electron chi connectivity index (χ0n) is 37.4. The number of phosphoric ester groups is 1. The summed E-state index contributed by atoms with van der Waals surface area (Å²) in [5.74, 6) is -1.62. The summed E-state index contributed by atoms with van der Waals surface area (Å²) in [6.45, 7) is 3.42. The summed E-state index contributed by atoms with van der Waals surface area (Å²) >= 11 is 0. The van der Waals surface area contributed by atoms with Crippen molar-refractivity contribution in [3.8, 4) is 0 Å². The van der Waals surface area contributed by atoms with Gasteiger partial charge in [-0.3, -0.25) is 18.9 Å². The molecule has 346 valence electrons. The molecule has 4 N–H and O–H groups in total. The molecule has 0 aromatic rings. The van der Waals surface area contributed by atoms with Gasteiger partial charge < -0.3 is 29.5 Å². The molecule has 1 aliphatic rings. The summed E-state index contributed by atoms with van der Waals surface area (Å²) in [7, 11) is -4.82.